The molecule has 1 aliphatic rings. The van der Waals surface area contributed by atoms with Crippen LogP contribution < -0.4 is 0 Å². The molecule has 1 aliphatic carbocycles. The Bertz CT molecular complexity index is 359. The molecule has 0 fully saturated rings. The average Bonchev–Trinajstić information content (AvgIpc) is 2.71. The van der Waals surface area contributed by atoms with Crippen molar-refractivity contribution in [1.82, 2.24) is 0 Å². The van der Waals surface area contributed by atoms with Gasteiger partial charge in [-0.3, -0.25) is 4.79 Å². The molecule has 0 heterocycles. The summed E-state index contributed by atoms with van der Waals surface area (Å²) in [7, 11) is 0. The van der Waals surface area contributed by atoms with Crippen molar-refractivity contribution in [2.45, 2.75) is 25.7 Å². The third-order valence-corrected chi connectivity index (χ3v) is 2.76. The van der Waals surface area contributed by atoms with Gasteiger partial charge in [0.15, 0.2) is 5.78 Å². The van der Waals surface area contributed by atoms with Gasteiger partial charge in [-0.2, -0.15) is 0 Å². The minimum absolute atomic E-state index is 0.138. The number of allylic oxidation sites excluding steroid dienone is 2. The van der Waals surface area contributed by atoms with Crippen LogP contribution in [0.2, 0.25) is 0 Å². The molecule has 0 aliphatic heterocycles. The van der Waals surface area contributed by atoms with Crippen LogP contribution in [0, 0.1) is 0 Å². The lowest BCUT2D eigenvalue weighted by atomic mass is 9.97. The number of rotatable bonds is 2. The van der Waals surface area contributed by atoms with Gasteiger partial charge in [-0.05, 0) is 25.3 Å². The quantitative estimate of drug-likeness (QED) is 0.511. The maximum Gasteiger partial charge on any atom is 0.159 e. The van der Waals surface area contributed by atoms with Gasteiger partial charge in [-0.15, -0.1) is 0 Å². The SMILES string of the molecule is CC(=O)c1ccc(C2C=CCC2)cc1. The molecule has 0 bridgehead atoms. The van der Waals surface area contributed by atoms with Crippen LogP contribution in [0.1, 0.15) is 41.6 Å². The van der Waals surface area contributed by atoms with Gasteiger partial charge in [0.1, 0.15) is 0 Å². The summed E-state index contributed by atoms with van der Waals surface area (Å²) in [5.74, 6) is 0.703. The van der Waals surface area contributed by atoms with Crippen LogP contribution in [-0.2, 0) is 0 Å². The van der Waals surface area contributed by atoms with Crippen molar-refractivity contribution in [1.29, 1.82) is 0 Å². The van der Waals surface area contributed by atoms with E-state index in [2.05, 4.69) is 24.3 Å². The van der Waals surface area contributed by atoms with E-state index in [4.69, 9.17) is 0 Å². The predicted molar refractivity (Wildman–Crippen MR) is 57.6 cm³/mol. The topological polar surface area (TPSA) is 17.1 Å². The Morgan fingerprint density at radius 3 is 2.50 bits per heavy atom. The largest absolute Gasteiger partial charge is 0.295 e. The monoisotopic (exact) mass is 186 g/mol. The minimum Gasteiger partial charge on any atom is -0.295 e. The van der Waals surface area contributed by atoms with Crippen LogP contribution in [0.25, 0.3) is 0 Å². The Balaban J connectivity index is 2.21. The number of hydrogen-bond acceptors (Lipinski definition) is 1. The van der Waals surface area contributed by atoms with Crippen molar-refractivity contribution >= 4 is 5.78 Å². The maximum atomic E-state index is 11.1. The van der Waals surface area contributed by atoms with E-state index in [0.717, 1.165) is 5.56 Å². The first-order valence-corrected chi connectivity index (χ1v) is 5.05. The Morgan fingerprint density at radius 2 is 2.00 bits per heavy atom. The summed E-state index contributed by atoms with van der Waals surface area (Å²) < 4.78 is 0. The molecule has 1 nitrogen and oxygen atoms in total. The number of Topliss-reactive ketones (excluding diaryl/α,β-unsaturated/α-hetero) is 1. The zero-order chi connectivity index (χ0) is 9.97. The summed E-state index contributed by atoms with van der Waals surface area (Å²) in [5, 5.41) is 0. The summed E-state index contributed by atoms with van der Waals surface area (Å²) in [6.07, 6.45) is 6.87. The van der Waals surface area contributed by atoms with Crippen LogP contribution in [0.4, 0.5) is 0 Å². The van der Waals surface area contributed by atoms with E-state index in [9.17, 15) is 4.79 Å². The molecule has 1 atom stereocenters. The molecule has 1 unspecified atom stereocenters. The highest BCUT2D eigenvalue weighted by atomic mass is 16.1. The molecule has 1 aromatic carbocycles. The minimum atomic E-state index is 0.138. The van der Waals surface area contributed by atoms with Crippen LogP contribution >= 0.6 is 0 Å². The first kappa shape index (κ1) is 9.20. The number of benzene rings is 1. The zero-order valence-corrected chi connectivity index (χ0v) is 8.36. The Kier molecular flexibility index (Phi) is 2.49. The van der Waals surface area contributed by atoms with Crippen molar-refractivity contribution in [2.24, 2.45) is 0 Å². The van der Waals surface area contributed by atoms with Crippen molar-refractivity contribution in [3.05, 3.63) is 47.5 Å². The molecule has 72 valence electrons. The molecule has 0 N–H and O–H groups in total. The van der Waals surface area contributed by atoms with Crippen LogP contribution in [0.3, 0.4) is 0 Å². The Morgan fingerprint density at radius 1 is 1.29 bits per heavy atom. The van der Waals surface area contributed by atoms with E-state index in [1.165, 1.54) is 18.4 Å². The van der Waals surface area contributed by atoms with E-state index in [0.29, 0.717) is 5.92 Å². The van der Waals surface area contributed by atoms with Crippen molar-refractivity contribution in [2.75, 3.05) is 0 Å². The molecule has 1 heteroatoms. The summed E-state index contributed by atoms with van der Waals surface area (Å²) in [5.41, 5.74) is 2.12. The van der Waals surface area contributed by atoms with E-state index in [1.807, 2.05) is 12.1 Å². The lowest BCUT2D eigenvalue weighted by molar-refractivity contribution is 0.101. The highest BCUT2D eigenvalue weighted by molar-refractivity contribution is 5.94. The summed E-state index contributed by atoms with van der Waals surface area (Å²) >= 11 is 0. The van der Waals surface area contributed by atoms with Gasteiger partial charge in [0.05, 0.1) is 0 Å². The molecular formula is C13H14O. The third kappa shape index (κ3) is 1.77. The van der Waals surface area contributed by atoms with Gasteiger partial charge < -0.3 is 0 Å². The summed E-state index contributed by atoms with van der Waals surface area (Å²) in [6.45, 7) is 1.60. The fourth-order valence-electron chi connectivity index (χ4n) is 1.88. The highest BCUT2D eigenvalue weighted by Gasteiger charge is 2.11. The van der Waals surface area contributed by atoms with Crippen LogP contribution in [-0.4, -0.2) is 5.78 Å². The molecule has 0 saturated carbocycles. The fourth-order valence-corrected chi connectivity index (χ4v) is 1.88. The van der Waals surface area contributed by atoms with Crippen molar-refractivity contribution in [3.8, 4) is 0 Å². The van der Waals surface area contributed by atoms with Crippen LogP contribution in [0.15, 0.2) is 36.4 Å². The lowest BCUT2D eigenvalue weighted by Crippen LogP contribution is -1.94. The first-order chi connectivity index (χ1) is 6.77. The molecule has 0 spiro atoms. The number of carbonyl (C=O) groups excluding carboxylic acids is 1. The van der Waals surface area contributed by atoms with E-state index in [1.54, 1.807) is 6.92 Å². The summed E-state index contributed by atoms with van der Waals surface area (Å²) in [4.78, 5) is 11.1. The standard InChI is InChI=1S/C13H14O/c1-10(14)11-6-8-13(9-7-11)12-4-2-3-5-12/h2,4,6-9,12H,3,5H2,1H3. The maximum absolute atomic E-state index is 11.1. The van der Waals surface area contributed by atoms with Gasteiger partial charge in [-0.1, -0.05) is 36.4 Å². The normalized spacial score (nSPS) is 19.9. The molecule has 14 heavy (non-hydrogen) atoms. The molecule has 0 aromatic heterocycles. The van der Waals surface area contributed by atoms with E-state index >= 15 is 0 Å². The molecule has 2 rings (SSSR count). The smallest absolute Gasteiger partial charge is 0.159 e. The number of hydrogen-bond donors (Lipinski definition) is 0. The lowest BCUT2D eigenvalue weighted by Gasteiger charge is -2.07. The fraction of sp³-hybridized carbons (Fsp3) is 0.308. The van der Waals surface area contributed by atoms with Gasteiger partial charge in [0.2, 0.25) is 0 Å². The van der Waals surface area contributed by atoms with E-state index in [-0.39, 0.29) is 5.78 Å². The molecule has 1 aromatic rings. The van der Waals surface area contributed by atoms with Crippen LogP contribution in [0.5, 0.6) is 0 Å². The molecule has 0 saturated heterocycles. The van der Waals surface area contributed by atoms with E-state index < -0.39 is 0 Å². The number of carbonyl (C=O) groups is 1. The van der Waals surface area contributed by atoms with Crippen molar-refractivity contribution in [3.63, 3.8) is 0 Å². The van der Waals surface area contributed by atoms with Gasteiger partial charge in [0, 0.05) is 11.5 Å². The van der Waals surface area contributed by atoms with Gasteiger partial charge in [0.25, 0.3) is 0 Å². The Hall–Kier alpha value is -1.37. The summed E-state index contributed by atoms with van der Waals surface area (Å²) in [6, 6.07) is 7.97. The highest BCUT2D eigenvalue weighted by Crippen LogP contribution is 2.28. The Labute approximate surface area is 84.5 Å². The second-order valence-electron chi connectivity index (χ2n) is 3.79. The second kappa shape index (κ2) is 3.79. The van der Waals surface area contributed by atoms with Gasteiger partial charge >= 0.3 is 0 Å². The van der Waals surface area contributed by atoms with Gasteiger partial charge in [-0.25, -0.2) is 0 Å². The molecule has 0 radical (unpaired) electrons. The average molecular weight is 186 g/mol. The number of ketones is 1. The molecular weight excluding hydrogens is 172 g/mol. The second-order valence-corrected chi connectivity index (χ2v) is 3.79. The third-order valence-electron chi connectivity index (χ3n) is 2.76. The molecule has 0 amide bonds. The predicted octanol–water partition coefficient (Wildman–Crippen LogP) is 3.32. The zero-order valence-electron chi connectivity index (χ0n) is 8.36. The van der Waals surface area contributed by atoms with Crippen molar-refractivity contribution < 1.29 is 4.79 Å². The first-order valence-electron chi connectivity index (χ1n) is 5.05.